The van der Waals surface area contributed by atoms with Gasteiger partial charge in [-0.25, -0.2) is 14.4 Å². The fraction of sp³-hybridized carbons (Fsp3) is 0.450. The molecule has 0 bridgehead atoms. The Hall–Kier alpha value is -2.41. The molecule has 2 aromatic rings. The Morgan fingerprint density at radius 1 is 1.32 bits per heavy atom. The smallest absolute Gasteiger partial charge is 0.303 e. The van der Waals surface area contributed by atoms with Crippen molar-refractivity contribution < 1.29 is 19.0 Å². The first kappa shape index (κ1) is 21.9. The third-order valence-electron chi connectivity index (χ3n) is 4.26. The van der Waals surface area contributed by atoms with E-state index in [-0.39, 0.29) is 23.2 Å². The number of nitrogens with one attached hydrogen (secondary N) is 1. The molecule has 152 valence electrons. The molecule has 8 heteroatoms. The van der Waals surface area contributed by atoms with Crippen LogP contribution in [0.15, 0.2) is 30.6 Å². The van der Waals surface area contributed by atoms with E-state index < -0.39 is 12.1 Å². The van der Waals surface area contributed by atoms with Gasteiger partial charge in [-0.2, -0.15) is 0 Å². The lowest BCUT2D eigenvalue weighted by Crippen LogP contribution is -2.17. The van der Waals surface area contributed by atoms with Gasteiger partial charge >= 0.3 is 5.97 Å². The van der Waals surface area contributed by atoms with Crippen molar-refractivity contribution in [3.63, 3.8) is 0 Å². The summed E-state index contributed by atoms with van der Waals surface area (Å²) in [4.78, 5) is 18.6. The highest BCUT2D eigenvalue weighted by Gasteiger charge is 2.14. The van der Waals surface area contributed by atoms with Gasteiger partial charge in [0.1, 0.15) is 29.1 Å². The van der Waals surface area contributed by atoms with Crippen molar-refractivity contribution in [3.8, 4) is 5.75 Å². The maximum absolute atomic E-state index is 13.5. The Balaban J connectivity index is 1.86. The Bertz CT molecular complexity index is 772. The Labute approximate surface area is 169 Å². The van der Waals surface area contributed by atoms with Crippen LogP contribution < -0.4 is 10.1 Å². The van der Waals surface area contributed by atoms with Crippen LogP contribution in [0.5, 0.6) is 5.75 Å². The lowest BCUT2D eigenvalue weighted by atomic mass is 10.1. The number of benzene rings is 1. The minimum atomic E-state index is -1.26. The van der Waals surface area contributed by atoms with Crippen molar-refractivity contribution in [1.82, 2.24) is 9.97 Å². The van der Waals surface area contributed by atoms with Gasteiger partial charge in [0.15, 0.2) is 0 Å². The lowest BCUT2D eigenvalue weighted by molar-refractivity contribution is -0.137. The zero-order valence-corrected chi connectivity index (χ0v) is 16.7. The fourth-order valence-corrected chi connectivity index (χ4v) is 2.98. The highest BCUT2D eigenvalue weighted by atomic mass is 35.5. The molecule has 1 heterocycles. The van der Waals surface area contributed by atoms with Gasteiger partial charge in [-0.3, -0.25) is 4.79 Å². The number of aliphatic carboxylic acids is 1. The molecule has 2 rings (SSSR count). The molecular formula is C20H25ClFN3O3. The summed E-state index contributed by atoms with van der Waals surface area (Å²) in [7, 11) is 0. The molecule has 2 atom stereocenters. The van der Waals surface area contributed by atoms with Crippen molar-refractivity contribution in [2.24, 2.45) is 0 Å². The van der Waals surface area contributed by atoms with E-state index in [0.717, 1.165) is 24.2 Å². The van der Waals surface area contributed by atoms with E-state index in [1.807, 2.05) is 31.2 Å². The summed E-state index contributed by atoms with van der Waals surface area (Å²) < 4.78 is 19.3. The number of aromatic nitrogens is 2. The zero-order valence-electron chi connectivity index (χ0n) is 16.0. The van der Waals surface area contributed by atoms with Gasteiger partial charge in [0.05, 0.1) is 11.8 Å². The number of carbonyl (C=O) groups is 1. The molecule has 0 amide bonds. The third-order valence-corrected chi connectivity index (χ3v) is 4.63. The second-order valence-corrected chi connectivity index (χ2v) is 6.82. The lowest BCUT2D eigenvalue weighted by Gasteiger charge is -2.17. The van der Waals surface area contributed by atoms with E-state index in [9.17, 15) is 9.18 Å². The second kappa shape index (κ2) is 10.8. The normalized spacial score (nSPS) is 13.0. The maximum Gasteiger partial charge on any atom is 0.303 e. The molecule has 1 aromatic heterocycles. The van der Waals surface area contributed by atoms with Crippen LogP contribution >= 0.6 is 11.6 Å². The van der Waals surface area contributed by atoms with Crippen LogP contribution in [0.1, 0.15) is 50.5 Å². The molecular weight excluding hydrogens is 385 g/mol. The number of carboxylic acids is 1. The number of alkyl halides is 1. The summed E-state index contributed by atoms with van der Waals surface area (Å²) in [6, 6.07) is 7.66. The average molecular weight is 410 g/mol. The average Bonchev–Trinajstić information content (AvgIpc) is 2.67. The predicted octanol–water partition coefficient (Wildman–Crippen LogP) is 4.84. The largest absolute Gasteiger partial charge is 0.490 e. The Morgan fingerprint density at radius 3 is 2.64 bits per heavy atom. The summed E-state index contributed by atoms with van der Waals surface area (Å²) in [5, 5.41) is 12.1. The van der Waals surface area contributed by atoms with Gasteiger partial charge < -0.3 is 15.2 Å². The van der Waals surface area contributed by atoms with Gasteiger partial charge in [-0.1, -0.05) is 30.7 Å². The molecule has 1 aromatic carbocycles. The van der Waals surface area contributed by atoms with Gasteiger partial charge in [-0.05, 0) is 43.9 Å². The van der Waals surface area contributed by atoms with E-state index in [4.69, 9.17) is 21.4 Å². The minimum Gasteiger partial charge on any atom is -0.490 e. The number of rotatable bonds is 11. The van der Waals surface area contributed by atoms with Gasteiger partial charge in [-0.15, -0.1) is 0 Å². The third kappa shape index (κ3) is 6.64. The van der Waals surface area contributed by atoms with Crippen molar-refractivity contribution in [3.05, 3.63) is 46.9 Å². The first-order valence-electron chi connectivity index (χ1n) is 9.26. The SMILES string of the molecule is CCC(CCC(=O)O)Oc1ccc(CCNc2ncnc(C(C)F)c2Cl)cc1. The number of carboxylic acid groups (broad SMARTS) is 1. The fourth-order valence-electron chi connectivity index (χ4n) is 2.67. The number of halogens is 2. The van der Waals surface area contributed by atoms with E-state index >= 15 is 0 Å². The molecule has 0 aliphatic heterocycles. The molecule has 2 unspecified atom stereocenters. The zero-order chi connectivity index (χ0) is 20.5. The number of hydrogen-bond donors (Lipinski definition) is 2. The molecule has 0 saturated heterocycles. The molecule has 0 fully saturated rings. The molecule has 0 spiro atoms. The van der Waals surface area contributed by atoms with Crippen LogP contribution in [0.3, 0.4) is 0 Å². The maximum atomic E-state index is 13.5. The van der Waals surface area contributed by atoms with Crippen LogP contribution in [0.25, 0.3) is 0 Å². The van der Waals surface area contributed by atoms with Crippen LogP contribution in [-0.2, 0) is 11.2 Å². The first-order chi connectivity index (χ1) is 13.4. The molecule has 0 radical (unpaired) electrons. The number of ether oxygens (including phenoxy) is 1. The van der Waals surface area contributed by atoms with Crippen LogP contribution in [0, 0.1) is 0 Å². The van der Waals surface area contributed by atoms with Crippen molar-refractivity contribution in [2.75, 3.05) is 11.9 Å². The molecule has 2 N–H and O–H groups in total. The topological polar surface area (TPSA) is 84.3 Å². The summed E-state index contributed by atoms with van der Waals surface area (Å²) in [6.45, 7) is 3.93. The summed E-state index contributed by atoms with van der Waals surface area (Å²) in [5.74, 6) is 0.316. The minimum absolute atomic E-state index is 0.0940. The summed E-state index contributed by atoms with van der Waals surface area (Å²) >= 11 is 6.13. The highest BCUT2D eigenvalue weighted by Crippen LogP contribution is 2.28. The number of anilines is 1. The number of nitrogens with zero attached hydrogens (tertiary/aromatic N) is 2. The van der Waals surface area contributed by atoms with Crippen LogP contribution in [0.4, 0.5) is 10.2 Å². The highest BCUT2D eigenvalue weighted by molar-refractivity contribution is 6.33. The molecule has 0 aliphatic carbocycles. The van der Waals surface area contributed by atoms with Crippen molar-refractivity contribution in [2.45, 2.75) is 51.8 Å². The molecule has 28 heavy (non-hydrogen) atoms. The van der Waals surface area contributed by atoms with Crippen molar-refractivity contribution >= 4 is 23.4 Å². The van der Waals surface area contributed by atoms with Gasteiger partial charge in [0.2, 0.25) is 0 Å². The van der Waals surface area contributed by atoms with Crippen molar-refractivity contribution in [1.29, 1.82) is 0 Å². The summed E-state index contributed by atoms with van der Waals surface area (Å²) in [6.07, 6.45) is 1.96. The summed E-state index contributed by atoms with van der Waals surface area (Å²) in [5.41, 5.74) is 1.26. The van der Waals surface area contributed by atoms with Gasteiger partial charge in [0, 0.05) is 13.0 Å². The Morgan fingerprint density at radius 2 is 2.04 bits per heavy atom. The van der Waals surface area contributed by atoms with Crippen LogP contribution in [-0.4, -0.2) is 33.7 Å². The Kier molecular flexibility index (Phi) is 8.44. The van der Waals surface area contributed by atoms with E-state index in [1.54, 1.807) is 0 Å². The van der Waals surface area contributed by atoms with Gasteiger partial charge in [0.25, 0.3) is 0 Å². The molecule has 0 saturated carbocycles. The van der Waals surface area contributed by atoms with Crippen LogP contribution in [0.2, 0.25) is 5.02 Å². The first-order valence-corrected chi connectivity index (χ1v) is 9.64. The number of hydrogen-bond acceptors (Lipinski definition) is 5. The quantitative estimate of drug-likeness (QED) is 0.552. The molecule has 6 nitrogen and oxygen atoms in total. The van der Waals surface area contributed by atoms with E-state index in [2.05, 4.69) is 15.3 Å². The van der Waals surface area contributed by atoms with E-state index in [1.165, 1.54) is 13.3 Å². The standard InChI is InChI=1S/C20H25ClFN3O3/c1-3-15(8-9-17(26)27)28-16-6-4-14(5-7-16)10-11-23-20-18(21)19(13(2)22)24-12-25-20/h4-7,12-13,15H,3,8-11H2,1-2H3,(H,26,27)(H,23,24,25). The monoisotopic (exact) mass is 409 g/mol. The second-order valence-electron chi connectivity index (χ2n) is 6.44. The van der Waals surface area contributed by atoms with E-state index in [0.29, 0.717) is 18.8 Å². The molecule has 0 aliphatic rings. The predicted molar refractivity (Wildman–Crippen MR) is 107 cm³/mol.